The van der Waals surface area contributed by atoms with Crippen LogP contribution in [0.2, 0.25) is 0 Å². The van der Waals surface area contributed by atoms with Gasteiger partial charge in [0.25, 0.3) is 0 Å². The maximum absolute atomic E-state index is 12.4. The lowest BCUT2D eigenvalue weighted by Gasteiger charge is -2.19. The van der Waals surface area contributed by atoms with Crippen LogP contribution in [0.1, 0.15) is 239 Å². The Bertz CT molecular complexity index is 973. The molecule has 2 atom stereocenters. The average Bonchev–Trinajstić information content (AvgIpc) is 3.21. The lowest BCUT2D eigenvalue weighted by Crippen LogP contribution is -2.45. The SMILES string of the molecule is CCCCCCC/C=C\CCCCCCCC(=O)OCCCCCCCC/C=C\C/C=C\CCC(=O)NC(CO)C(O)/C=C/CCCCCCCCCCCCC. The molecule has 0 aliphatic heterocycles. The van der Waals surface area contributed by atoms with Crippen LogP contribution < -0.4 is 5.32 Å². The molecule has 0 aromatic heterocycles. The van der Waals surface area contributed by atoms with Crippen molar-refractivity contribution < 1.29 is 24.5 Å². The van der Waals surface area contributed by atoms with Gasteiger partial charge in [0.15, 0.2) is 0 Å². The fourth-order valence-electron chi connectivity index (χ4n) is 7.03. The minimum atomic E-state index is -0.879. The standard InChI is InChI=1S/C51H93NO5/c1-3-5-7-9-11-13-15-17-21-25-29-33-37-41-45-51(56)57-46-42-38-34-30-26-22-18-20-24-28-32-36-40-44-50(55)52-48(47-53)49(54)43-39-35-31-27-23-19-16-14-12-10-8-6-4-2/h15,17,20,24,32,36,39,43,48-49,53-54H,3-14,16,18-19,21-23,25-31,33-35,37-38,40-42,44-47H2,1-2H3,(H,52,55)/b17-15-,24-20-,36-32-,43-39+. The number of ether oxygens (including phenoxy) is 1. The third-order valence-corrected chi connectivity index (χ3v) is 10.8. The molecule has 0 heterocycles. The van der Waals surface area contributed by atoms with Crippen molar-refractivity contribution >= 4 is 11.9 Å². The van der Waals surface area contributed by atoms with E-state index in [2.05, 4.69) is 49.5 Å². The molecule has 3 N–H and O–H groups in total. The monoisotopic (exact) mass is 800 g/mol. The van der Waals surface area contributed by atoms with E-state index in [0.29, 0.717) is 25.9 Å². The van der Waals surface area contributed by atoms with Gasteiger partial charge in [-0.25, -0.2) is 0 Å². The molecule has 0 saturated heterocycles. The molecule has 1 amide bonds. The molecule has 57 heavy (non-hydrogen) atoms. The van der Waals surface area contributed by atoms with E-state index >= 15 is 0 Å². The molecule has 0 aromatic rings. The molecule has 0 aliphatic carbocycles. The zero-order chi connectivity index (χ0) is 41.5. The molecule has 0 aromatic carbocycles. The maximum Gasteiger partial charge on any atom is 0.305 e. The number of aliphatic hydroxyl groups is 2. The second-order valence-corrected chi connectivity index (χ2v) is 16.4. The number of hydrogen-bond donors (Lipinski definition) is 3. The Morgan fingerprint density at radius 1 is 0.491 bits per heavy atom. The van der Waals surface area contributed by atoms with Gasteiger partial charge in [-0.15, -0.1) is 0 Å². The van der Waals surface area contributed by atoms with Gasteiger partial charge in [-0.2, -0.15) is 0 Å². The second kappa shape index (κ2) is 46.5. The van der Waals surface area contributed by atoms with Crippen molar-refractivity contribution in [1.29, 1.82) is 0 Å². The summed E-state index contributed by atoms with van der Waals surface area (Å²) >= 11 is 0. The van der Waals surface area contributed by atoms with Gasteiger partial charge >= 0.3 is 5.97 Å². The van der Waals surface area contributed by atoms with E-state index < -0.39 is 12.1 Å². The van der Waals surface area contributed by atoms with Gasteiger partial charge in [0.1, 0.15) is 0 Å². The maximum atomic E-state index is 12.4. The number of hydrogen-bond acceptors (Lipinski definition) is 5. The predicted octanol–water partition coefficient (Wildman–Crippen LogP) is 14.3. The largest absolute Gasteiger partial charge is 0.466 e. The van der Waals surface area contributed by atoms with E-state index in [0.717, 1.165) is 51.4 Å². The van der Waals surface area contributed by atoms with Crippen LogP contribution in [0.4, 0.5) is 0 Å². The van der Waals surface area contributed by atoms with Gasteiger partial charge in [-0.05, 0) is 77.0 Å². The molecular formula is C51H93NO5. The minimum Gasteiger partial charge on any atom is -0.466 e. The summed E-state index contributed by atoms with van der Waals surface area (Å²) < 4.78 is 5.44. The molecule has 0 saturated carbocycles. The highest BCUT2D eigenvalue weighted by atomic mass is 16.5. The Morgan fingerprint density at radius 2 is 0.895 bits per heavy atom. The quantitative estimate of drug-likeness (QED) is 0.0324. The number of carbonyl (C=O) groups excluding carboxylic acids is 2. The molecule has 0 radical (unpaired) electrons. The number of unbranched alkanes of at least 4 members (excludes halogenated alkanes) is 27. The Hall–Kier alpha value is -2.18. The number of carbonyl (C=O) groups is 2. The van der Waals surface area contributed by atoms with Crippen LogP contribution in [0.5, 0.6) is 0 Å². The molecule has 332 valence electrons. The molecule has 6 heteroatoms. The summed E-state index contributed by atoms with van der Waals surface area (Å²) in [4.78, 5) is 24.4. The summed E-state index contributed by atoms with van der Waals surface area (Å²) in [5, 5.41) is 22.9. The zero-order valence-electron chi connectivity index (χ0n) is 37.6. The molecule has 0 rings (SSSR count). The van der Waals surface area contributed by atoms with Crippen LogP contribution in [0.3, 0.4) is 0 Å². The van der Waals surface area contributed by atoms with Crippen molar-refractivity contribution in [2.45, 2.75) is 251 Å². The van der Waals surface area contributed by atoms with E-state index in [1.165, 1.54) is 154 Å². The normalized spacial score (nSPS) is 13.1. The Balaban J connectivity index is 3.60. The van der Waals surface area contributed by atoms with E-state index in [-0.39, 0.29) is 18.5 Å². The van der Waals surface area contributed by atoms with E-state index in [1.807, 2.05) is 12.2 Å². The topological polar surface area (TPSA) is 95.9 Å². The second-order valence-electron chi connectivity index (χ2n) is 16.4. The van der Waals surface area contributed by atoms with Crippen LogP contribution in [0.15, 0.2) is 48.6 Å². The fourth-order valence-corrected chi connectivity index (χ4v) is 7.03. The van der Waals surface area contributed by atoms with Gasteiger partial charge in [0, 0.05) is 12.8 Å². The number of amides is 1. The number of aliphatic hydroxyl groups excluding tert-OH is 2. The van der Waals surface area contributed by atoms with Gasteiger partial charge < -0.3 is 20.3 Å². The van der Waals surface area contributed by atoms with Gasteiger partial charge in [-0.1, -0.05) is 197 Å². The number of nitrogens with one attached hydrogen (secondary N) is 1. The molecule has 0 aliphatic rings. The smallest absolute Gasteiger partial charge is 0.305 e. The number of esters is 1. The van der Waals surface area contributed by atoms with Crippen molar-refractivity contribution in [1.82, 2.24) is 5.32 Å². The lowest BCUT2D eigenvalue weighted by molar-refractivity contribution is -0.143. The molecule has 2 unspecified atom stereocenters. The fraction of sp³-hybridized carbons (Fsp3) is 0.804. The highest BCUT2D eigenvalue weighted by Crippen LogP contribution is 2.14. The first-order chi connectivity index (χ1) is 28.0. The predicted molar refractivity (Wildman–Crippen MR) is 245 cm³/mol. The summed E-state index contributed by atoms with van der Waals surface area (Å²) in [6, 6.07) is -0.672. The summed E-state index contributed by atoms with van der Waals surface area (Å²) in [5.74, 6) is -0.179. The molecule has 0 bridgehead atoms. The van der Waals surface area contributed by atoms with Crippen molar-refractivity contribution in [3.05, 3.63) is 48.6 Å². The van der Waals surface area contributed by atoms with Crippen molar-refractivity contribution in [3.63, 3.8) is 0 Å². The van der Waals surface area contributed by atoms with E-state index in [4.69, 9.17) is 4.74 Å². The third-order valence-electron chi connectivity index (χ3n) is 10.8. The molecule has 6 nitrogen and oxygen atoms in total. The minimum absolute atomic E-state index is 0.0282. The van der Waals surface area contributed by atoms with Crippen molar-refractivity contribution in [2.75, 3.05) is 13.2 Å². The Morgan fingerprint density at radius 3 is 1.39 bits per heavy atom. The summed E-state index contributed by atoms with van der Waals surface area (Å²) in [5.41, 5.74) is 0. The van der Waals surface area contributed by atoms with Crippen LogP contribution >= 0.6 is 0 Å². The molecule has 0 fully saturated rings. The van der Waals surface area contributed by atoms with Gasteiger partial charge in [0.2, 0.25) is 5.91 Å². The number of allylic oxidation sites excluding steroid dienone is 7. The lowest BCUT2D eigenvalue weighted by atomic mass is 10.0. The first-order valence-electron chi connectivity index (χ1n) is 24.4. The van der Waals surface area contributed by atoms with Crippen LogP contribution in [-0.4, -0.2) is 47.4 Å². The highest BCUT2D eigenvalue weighted by molar-refractivity contribution is 5.76. The first-order valence-corrected chi connectivity index (χ1v) is 24.4. The Kier molecular flexibility index (Phi) is 44.7. The summed E-state index contributed by atoms with van der Waals surface area (Å²) in [7, 11) is 0. The summed E-state index contributed by atoms with van der Waals surface area (Å²) in [6.45, 7) is 4.80. The van der Waals surface area contributed by atoms with E-state index in [9.17, 15) is 19.8 Å². The molecule has 0 spiro atoms. The van der Waals surface area contributed by atoms with Gasteiger partial charge in [-0.3, -0.25) is 9.59 Å². The summed E-state index contributed by atoms with van der Waals surface area (Å²) in [6.07, 6.45) is 56.8. The Labute approximate surface area is 353 Å². The van der Waals surface area contributed by atoms with Gasteiger partial charge in [0.05, 0.1) is 25.4 Å². The van der Waals surface area contributed by atoms with Crippen molar-refractivity contribution in [3.8, 4) is 0 Å². The van der Waals surface area contributed by atoms with Crippen LogP contribution in [0, 0.1) is 0 Å². The van der Waals surface area contributed by atoms with Crippen LogP contribution in [0.25, 0.3) is 0 Å². The highest BCUT2D eigenvalue weighted by Gasteiger charge is 2.17. The molecular weight excluding hydrogens is 707 g/mol. The van der Waals surface area contributed by atoms with Crippen molar-refractivity contribution in [2.24, 2.45) is 0 Å². The number of rotatable bonds is 44. The average molecular weight is 800 g/mol. The van der Waals surface area contributed by atoms with Crippen LogP contribution in [-0.2, 0) is 14.3 Å². The third kappa shape index (κ3) is 43.2. The first kappa shape index (κ1) is 54.8. The zero-order valence-corrected chi connectivity index (χ0v) is 37.6. The van der Waals surface area contributed by atoms with E-state index in [1.54, 1.807) is 6.08 Å².